The zero-order valence-corrected chi connectivity index (χ0v) is 18.6. The van der Waals surface area contributed by atoms with Gasteiger partial charge in [-0.15, -0.1) is 11.3 Å². The molecule has 3 heterocycles. The maximum Gasteiger partial charge on any atom is 0.261 e. The van der Waals surface area contributed by atoms with E-state index >= 15 is 0 Å². The number of rotatable bonds is 5. The van der Waals surface area contributed by atoms with Crippen molar-refractivity contribution in [2.45, 2.75) is 4.90 Å². The Bertz CT molecular complexity index is 1240. The molecule has 5 rings (SSSR count). The van der Waals surface area contributed by atoms with Gasteiger partial charge >= 0.3 is 0 Å². The van der Waals surface area contributed by atoms with E-state index in [0.29, 0.717) is 48.9 Å². The summed E-state index contributed by atoms with van der Waals surface area (Å²) in [5, 5.41) is 2.87. The second kappa shape index (κ2) is 8.32. The second-order valence-electron chi connectivity index (χ2n) is 7.30. The molecule has 0 bridgehead atoms. The fraction of sp³-hybridized carbons (Fsp3) is 0.238. The lowest BCUT2D eigenvalue weighted by Gasteiger charge is -2.34. The number of amides is 1. The summed E-state index contributed by atoms with van der Waals surface area (Å²) in [4.78, 5) is 21.2. The van der Waals surface area contributed by atoms with Crippen molar-refractivity contribution in [1.82, 2.24) is 9.88 Å². The minimum absolute atomic E-state index is 0.0161. The molecule has 1 amide bonds. The Hall–Kier alpha value is -3.31. The fourth-order valence-corrected chi connectivity index (χ4v) is 5.42. The fourth-order valence-electron chi connectivity index (χ4n) is 3.63. The third-order valence-electron chi connectivity index (χ3n) is 5.27. The maximum absolute atomic E-state index is 13.0. The molecule has 0 unspecified atom stereocenters. The van der Waals surface area contributed by atoms with Gasteiger partial charge < -0.3 is 19.3 Å². The van der Waals surface area contributed by atoms with Crippen LogP contribution in [0.1, 0.15) is 10.4 Å². The predicted molar refractivity (Wildman–Crippen MR) is 120 cm³/mol. The highest BCUT2D eigenvalue weighted by Crippen LogP contribution is 2.34. The number of aromatic nitrogens is 1. The molecular formula is C21H20N4O5S2. The van der Waals surface area contributed by atoms with Crippen molar-refractivity contribution < 1.29 is 22.7 Å². The molecule has 2 aromatic carbocycles. The van der Waals surface area contributed by atoms with E-state index in [9.17, 15) is 13.2 Å². The van der Waals surface area contributed by atoms with Crippen LogP contribution in [-0.4, -0.2) is 57.2 Å². The summed E-state index contributed by atoms with van der Waals surface area (Å²) in [6.45, 7) is 2.56. The van der Waals surface area contributed by atoms with Gasteiger partial charge in [-0.25, -0.2) is 13.4 Å². The number of anilines is 2. The molecule has 0 radical (unpaired) electrons. The molecule has 11 heteroatoms. The van der Waals surface area contributed by atoms with Gasteiger partial charge in [0.25, 0.3) is 15.9 Å². The smallest absolute Gasteiger partial charge is 0.261 e. The van der Waals surface area contributed by atoms with E-state index in [0.717, 1.165) is 5.13 Å². The number of carbonyl (C=O) groups excluding carboxylic acids is 1. The number of fused-ring (bicyclic) bond motifs is 1. The maximum atomic E-state index is 13.0. The summed E-state index contributed by atoms with van der Waals surface area (Å²) < 4.78 is 38.9. The van der Waals surface area contributed by atoms with Crippen LogP contribution in [0, 0.1) is 0 Å². The molecule has 9 nitrogen and oxygen atoms in total. The van der Waals surface area contributed by atoms with Gasteiger partial charge in [-0.05, 0) is 30.3 Å². The summed E-state index contributed by atoms with van der Waals surface area (Å²) in [7, 11) is -3.89. The standard InChI is InChI=1S/C21H20N4O5S2/c26-20(24-7-9-25(10-8-24)21-22-6-11-31-21)15-2-1-3-17(12-15)32(27,28)23-16-4-5-18-19(13-16)30-14-29-18/h1-6,11-13,23H,7-10,14H2. The molecule has 166 valence electrons. The van der Waals surface area contributed by atoms with Gasteiger partial charge in [-0.3, -0.25) is 9.52 Å². The molecule has 0 spiro atoms. The number of nitrogens with one attached hydrogen (secondary N) is 1. The summed E-state index contributed by atoms with van der Waals surface area (Å²) in [5.74, 6) is 0.852. The first-order valence-electron chi connectivity index (χ1n) is 9.96. The highest BCUT2D eigenvalue weighted by molar-refractivity contribution is 7.92. The summed E-state index contributed by atoms with van der Waals surface area (Å²) in [5.41, 5.74) is 0.686. The third kappa shape index (κ3) is 4.08. The van der Waals surface area contributed by atoms with Crippen molar-refractivity contribution in [1.29, 1.82) is 0 Å². The van der Waals surface area contributed by atoms with Gasteiger partial charge in [-0.1, -0.05) is 6.07 Å². The van der Waals surface area contributed by atoms with Crippen molar-refractivity contribution in [2.24, 2.45) is 0 Å². The van der Waals surface area contributed by atoms with Crippen molar-refractivity contribution in [3.05, 3.63) is 59.6 Å². The average Bonchev–Trinajstić information content (AvgIpc) is 3.50. The molecule has 1 fully saturated rings. The van der Waals surface area contributed by atoms with E-state index in [1.807, 2.05) is 5.38 Å². The lowest BCUT2D eigenvalue weighted by Crippen LogP contribution is -2.48. The van der Waals surface area contributed by atoms with Crippen molar-refractivity contribution in [3.63, 3.8) is 0 Å². The highest BCUT2D eigenvalue weighted by atomic mass is 32.2. The molecule has 2 aliphatic rings. The van der Waals surface area contributed by atoms with Crippen molar-refractivity contribution in [2.75, 3.05) is 42.6 Å². The van der Waals surface area contributed by atoms with Crippen LogP contribution in [0.2, 0.25) is 0 Å². The number of carbonyl (C=O) groups is 1. The summed E-state index contributed by atoms with van der Waals surface area (Å²) in [6, 6.07) is 10.9. The lowest BCUT2D eigenvalue weighted by molar-refractivity contribution is 0.0746. The Balaban J connectivity index is 1.29. The van der Waals surface area contributed by atoms with Crippen LogP contribution >= 0.6 is 11.3 Å². The van der Waals surface area contributed by atoms with Crippen molar-refractivity contribution >= 4 is 38.1 Å². The lowest BCUT2D eigenvalue weighted by atomic mass is 10.2. The van der Waals surface area contributed by atoms with E-state index in [-0.39, 0.29) is 17.6 Å². The molecule has 2 aliphatic heterocycles. The molecular weight excluding hydrogens is 452 g/mol. The van der Waals surface area contributed by atoms with E-state index in [1.165, 1.54) is 12.1 Å². The average molecular weight is 473 g/mol. The molecule has 1 saturated heterocycles. The first-order valence-corrected chi connectivity index (χ1v) is 12.3. The number of hydrogen-bond donors (Lipinski definition) is 1. The molecule has 0 saturated carbocycles. The summed E-state index contributed by atoms with van der Waals surface area (Å²) in [6.07, 6.45) is 1.76. The Morgan fingerprint density at radius 3 is 2.62 bits per heavy atom. The Labute approximate surface area is 189 Å². The largest absolute Gasteiger partial charge is 0.454 e. The molecule has 0 atom stereocenters. The normalized spacial score (nSPS) is 15.6. The number of thiazole rings is 1. The first-order chi connectivity index (χ1) is 15.5. The molecule has 0 aliphatic carbocycles. The number of nitrogens with zero attached hydrogens (tertiary/aromatic N) is 3. The van der Waals surface area contributed by atoms with E-state index in [2.05, 4.69) is 14.6 Å². The minimum atomic E-state index is -3.89. The van der Waals surface area contributed by atoms with Crippen LogP contribution in [0.15, 0.2) is 58.9 Å². The molecule has 1 N–H and O–H groups in total. The Morgan fingerprint density at radius 1 is 1.03 bits per heavy atom. The van der Waals surface area contributed by atoms with Crippen LogP contribution in [0.3, 0.4) is 0 Å². The topological polar surface area (TPSA) is 101 Å². The zero-order chi connectivity index (χ0) is 22.1. The van der Waals surface area contributed by atoms with E-state index in [1.54, 1.807) is 52.8 Å². The van der Waals surface area contributed by atoms with Crippen LogP contribution in [0.4, 0.5) is 10.8 Å². The number of benzene rings is 2. The number of sulfonamides is 1. The number of piperazine rings is 1. The van der Waals surface area contributed by atoms with Crippen LogP contribution in [0.5, 0.6) is 11.5 Å². The van der Waals surface area contributed by atoms with Crippen LogP contribution in [0.25, 0.3) is 0 Å². The minimum Gasteiger partial charge on any atom is -0.454 e. The van der Waals surface area contributed by atoms with Gasteiger partial charge in [0.1, 0.15) is 0 Å². The van der Waals surface area contributed by atoms with Crippen LogP contribution < -0.4 is 19.1 Å². The van der Waals surface area contributed by atoms with Gasteiger partial charge in [-0.2, -0.15) is 0 Å². The third-order valence-corrected chi connectivity index (χ3v) is 7.48. The van der Waals surface area contributed by atoms with Gasteiger partial charge in [0, 0.05) is 49.4 Å². The van der Waals surface area contributed by atoms with Crippen molar-refractivity contribution in [3.8, 4) is 11.5 Å². The highest BCUT2D eigenvalue weighted by Gasteiger charge is 2.25. The quantitative estimate of drug-likeness (QED) is 0.609. The van der Waals surface area contributed by atoms with Crippen LogP contribution in [-0.2, 0) is 10.0 Å². The van der Waals surface area contributed by atoms with Gasteiger partial charge in [0.2, 0.25) is 6.79 Å². The number of hydrogen-bond acceptors (Lipinski definition) is 8. The Morgan fingerprint density at radius 2 is 1.84 bits per heavy atom. The zero-order valence-electron chi connectivity index (χ0n) is 16.9. The monoisotopic (exact) mass is 472 g/mol. The van der Waals surface area contributed by atoms with E-state index < -0.39 is 10.0 Å². The molecule has 1 aromatic heterocycles. The van der Waals surface area contributed by atoms with E-state index in [4.69, 9.17) is 9.47 Å². The molecule has 32 heavy (non-hydrogen) atoms. The first kappa shape index (κ1) is 20.6. The van der Waals surface area contributed by atoms with Gasteiger partial charge in [0.05, 0.1) is 10.6 Å². The number of ether oxygens (including phenoxy) is 2. The van der Waals surface area contributed by atoms with Gasteiger partial charge in [0.15, 0.2) is 16.6 Å². The molecule has 3 aromatic rings. The SMILES string of the molecule is O=C(c1cccc(S(=O)(=O)Nc2ccc3c(c2)OCO3)c1)N1CCN(c2nccs2)CC1. The predicted octanol–water partition coefficient (Wildman–Crippen LogP) is 2.64. The second-order valence-corrected chi connectivity index (χ2v) is 9.85. The Kier molecular flexibility index (Phi) is 5.35. The summed E-state index contributed by atoms with van der Waals surface area (Å²) >= 11 is 1.57.